The van der Waals surface area contributed by atoms with E-state index >= 15 is 0 Å². The number of hydrogen-bond donors (Lipinski definition) is 1. The molecule has 0 aromatic carbocycles. The van der Waals surface area contributed by atoms with Gasteiger partial charge in [0.05, 0.1) is 12.2 Å². The number of aliphatic hydroxyl groups is 1. The Balaban J connectivity index is 2.48. The van der Waals surface area contributed by atoms with Gasteiger partial charge in [0.25, 0.3) is 0 Å². The largest absolute Gasteiger partial charge is 0.463 e. The third kappa shape index (κ3) is 8.01. The standard InChI is InChI=1S/C24H36O11/c1-11(2)17-9-18(29)12(3)8-19(17)34-24-23(33-16(7)28)22(32-15(6)27)21(31-14(5)26)20(35-24)10-30-13(4)25/h8,11,17-24,29H,9-10H2,1-7H3/t17-,18+,19?,20+,21+,22-,23+,24+/m0/s1. The van der Waals surface area contributed by atoms with Crippen LogP contribution < -0.4 is 0 Å². The van der Waals surface area contributed by atoms with Crippen LogP contribution in [-0.2, 0) is 47.6 Å². The van der Waals surface area contributed by atoms with Crippen LogP contribution in [0.15, 0.2) is 11.6 Å². The van der Waals surface area contributed by atoms with Crippen molar-refractivity contribution in [1.29, 1.82) is 0 Å². The summed E-state index contributed by atoms with van der Waals surface area (Å²) in [6.45, 7) is 10.1. The van der Waals surface area contributed by atoms with E-state index in [4.69, 9.17) is 28.4 Å². The fourth-order valence-electron chi connectivity index (χ4n) is 4.32. The van der Waals surface area contributed by atoms with Gasteiger partial charge in [-0.1, -0.05) is 19.9 Å². The molecule has 1 aliphatic carbocycles. The van der Waals surface area contributed by atoms with Crippen molar-refractivity contribution in [3.05, 3.63) is 11.6 Å². The quantitative estimate of drug-likeness (QED) is 0.294. The molecule has 35 heavy (non-hydrogen) atoms. The van der Waals surface area contributed by atoms with Gasteiger partial charge in [0.15, 0.2) is 24.6 Å². The van der Waals surface area contributed by atoms with Gasteiger partial charge in [-0.3, -0.25) is 19.2 Å². The lowest BCUT2D eigenvalue weighted by Gasteiger charge is -2.46. The Bertz CT molecular complexity index is 820. The van der Waals surface area contributed by atoms with E-state index in [1.807, 2.05) is 13.8 Å². The van der Waals surface area contributed by atoms with Gasteiger partial charge in [-0.05, 0) is 30.8 Å². The van der Waals surface area contributed by atoms with Gasteiger partial charge >= 0.3 is 23.9 Å². The molecule has 0 aromatic heterocycles. The fourth-order valence-corrected chi connectivity index (χ4v) is 4.32. The Labute approximate surface area is 205 Å². The molecule has 8 atom stereocenters. The molecule has 11 heteroatoms. The summed E-state index contributed by atoms with van der Waals surface area (Å²) in [5.41, 5.74) is 0.720. The molecular weight excluding hydrogens is 464 g/mol. The zero-order valence-electron chi connectivity index (χ0n) is 21.2. The van der Waals surface area contributed by atoms with Crippen molar-refractivity contribution in [2.24, 2.45) is 11.8 Å². The van der Waals surface area contributed by atoms with Crippen LogP contribution in [0.2, 0.25) is 0 Å². The van der Waals surface area contributed by atoms with Gasteiger partial charge in [0, 0.05) is 27.7 Å². The molecular formula is C24H36O11. The Morgan fingerprint density at radius 3 is 2.00 bits per heavy atom. The van der Waals surface area contributed by atoms with Crippen molar-refractivity contribution in [2.45, 2.75) is 97.8 Å². The van der Waals surface area contributed by atoms with E-state index in [-0.39, 0.29) is 18.4 Å². The first-order chi connectivity index (χ1) is 16.3. The van der Waals surface area contributed by atoms with Crippen LogP contribution in [-0.4, -0.2) is 78.5 Å². The van der Waals surface area contributed by atoms with Crippen molar-refractivity contribution in [3.8, 4) is 0 Å². The first-order valence-corrected chi connectivity index (χ1v) is 11.6. The van der Waals surface area contributed by atoms with Gasteiger partial charge in [-0.15, -0.1) is 0 Å². The predicted octanol–water partition coefficient (Wildman–Crippen LogP) is 1.44. The number of carbonyl (C=O) groups excluding carboxylic acids is 4. The summed E-state index contributed by atoms with van der Waals surface area (Å²) in [5, 5.41) is 10.3. The molecule has 0 radical (unpaired) electrons. The Hall–Kier alpha value is -2.50. The summed E-state index contributed by atoms with van der Waals surface area (Å²) < 4.78 is 33.7. The van der Waals surface area contributed by atoms with Crippen molar-refractivity contribution in [3.63, 3.8) is 0 Å². The third-order valence-electron chi connectivity index (χ3n) is 5.97. The summed E-state index contributed by atoms with van der Waals surface area (Å²) in [6.07, 6.45) is -5.08. The minimum absolute atomic E-state index is 0.0967. The molecule has 0 bridgehead atoms. The molecule has 198 valence electrons. The minimum atomic E-state index is -1.30. The first kappa shape index (κ1) is 28.7. The lowest BCUT2D eigenvalue weighted by molar-refractivity contribution is -0.317. The zero-order chi connectivity index (χ0) is 26.4. The van der Waals surface area contributed by atoms with Crippen LogP contribution in [0, 0.1) is 11.8 Å². The number of ether oxygens (including phenoxy) is 6. The highest BCUT2D eigenvalue weighted by atomic mass is 16.7. The number of esters is 4. The van der Waals surface area contributed by atoms with Crippen LogP contribution in [0.1, 0.15) is 54.9 Å². The van der Waals surface area contributed by atoms with Gasteiger partial charge in [0.1, 0.15) is 12.7 Å². The summed E-state index contributed by atoms with van der Waals surface area (Å²) in [7, 11) is 0. The van der Waals surface area contributed by atoms with E-state index in [1.165, 1.54) is 13.8 Å². The van der Waals surface area contributed by atoms with E-state index < -0.39 is 66.8 Å². The average Bonchev–Trinajstić information content (AvgIpc) is 2.72. The van der Waals surface area contributed by atoms with Crippen LogP contribution in [0.25, 0.3) is 0 Å². The number of carbonyl (C=O) groups is 4. The van der Waals surface area contributed by atoms with Gasteiger partial charge < -0.3 is 33.5 Å². The van der Waals surface area contributed by atoms with Crippen LogP contribution in [0.4, 0.5) is 0 Å². The lowest BCUT2D eigenvalue weighted by Crippen LogP contribution is -2.63. The average molecular weight is 501 g/mol. The Morgan fingerprint density at radius 1 is 0.943 bits per heavy atom. The molecule has 1 unspecified atom stereocenters. The second-order valence-corrected chi connectivity index (χ2v) is 9.24. The molecule has 0 saturated carbocycles. The highest BCUT2D eigenvalue weighted by Gasteiger charge is 2.53. The van der Waals surface area contributed by atoms with Gasteiger partial charge in [-0.25, -0.2) is 0 Å². The molecule has 2 rings (SSSR count). The van der Waals surface area contributed by atoms with E-state index in [0.29, 0.717) is 6.42 Å². The smallest absolute Gasteiger partial charge is 0.303 e. The third-order valence-corrected chi connectivity index (χ3v) is 5.97. The normalized spacial score (nSPS) is 32.9. The maximum Gasteiger partial charge on any atom is 0.303 e. The summed E-state index contributed by atoms with van der Waals surface area (Å²) in [5.74, 6) is -2.68. The van der Waals surface area contributed by atoms with Crippen LogP contribution in [0.5, 0.6) is 0 Å². The van der Waals surface area contributed by atoms with Gasteiger partial charge in [0.2, 0.25) is 0 Å². The molecule has 11 nitrogen and oxygen atoms in total. The first-order valence-electron chi connectivity index (χ1n) is 11.6. The molecule has 2 aliphatic rings. The lowest BCUT2D eigenvalue weighted by atomic mass is 9.79. The molecule has 1 saturated heterocycles. The van der Waals surface area contributed by atoms with Crippen molar-refractivity contribution in [1.82, 2.24) is 0 Å². The molecule has 1 heterocycles. The van der Waals surface area contributed by atoms with Crippen LogP contribution in [0.3, 0.4) is 0 Å². The number of aliphatic hydroxyl groups excluding tert-OH is 1. The second-order valence-electron chi connectivity index (χ2n) is 9.24. The van der Waals surface area contributed by atoms with E-state index in [9.17, 15) is 24.3 Å². The maximum absolute atomic E-state index is 12.0. The fraction of sp³-hybridized carbons (Fsp3) is 0.750. The maximum atomic E-state index is 12.0. The molecule has 1 aliphatic heterocycles. The Morgan fingerprint density at radius 2 is 1.49 bits per heavy atom. The van der Waals surface area contributed by atoms with E-state index in [1.54, 1.807) is 13.0 Å². The topological polar surface area (TPSA) is 144 Å². The van der Waals surface area contributed by atoms with E-state index in [2.05, 4.69) is 0 Å². The molecule has 0 spiro atoms. The van der Waals surface area contributed by atoms with Crippen molar-refractivity contribution in [2.75, 3.05) is 6.61 Å². The Kier molecular flexibility index (Phi) is 10.2. The van der Waals surface area contributed by atoms with E-state index in [0.717, 1.165) is 19.4 Å². The molecule has 0 aromatic rings. The monoisotopic (exact) mass is 500 g/mol. The van der Waals surface area contributed by atoms with Crippen LogP contribution >= 0.6 is 0 Å². The SMILES string of the molecule is CC(=O)OC[C@H]1O[C@@H](OC2C=C(C)[C@H](O)C[C@H]2C(C)C)[C@H](OC(C)=O)[C@@H](OC(C)=O)[C@@H]1OC(C)=O. The predicted molar refractivity (Wildman–Crippen MR) is 120 cm³/mol. The molecule has 1 fully saturated rings. The zero-order valence-corrected chi connectivity index (χ0v) is 21.2. The summed E-state index contributed by atoms with van der Waals surface area (Å²) in [4.78, 5) is 47.2. The highest BCUT2D eigenvalue weighted by molar-refractivity contribution is 5.68. The molecule has 0 amide bonds. The highest BCUT2D eigenvalue weighted by Crippen LogP contribution is 2.36. The molecule has 1 N–H and O–H groups in total. The minimum Gasteiger partial charge on any atom is -0.463 e. The number of rotatable bonds is 8. The summed E-state index contributed by atoms with van der Waals surface area (Å²) in [6, 6.07) is 0. The van der Waals surface area contributed by atoms with Crippen molar-refractivity contribution < 1.29 is 52.7 Å². The van der Waals surface area contributed by atoms with Gasteiger partial charge in [-0.2, -0.15) is 0 Å². The van der Waals surface area contributed by atoms with Crippen molar-refractivity contribution >= 4 is 23.9 Å². The summed E-state index contributed by atoms with van der Waals surface area (Å²) >= 11 is 0. The second kappa shape index (κ2) is 12.5. The number of hydrogen-bond acceptors (Lipinski definition) is 11.